The Morgan fingerprint density at radius 2 is 2.43 bits per heavy atom. The Morgan fingerprint density at radius 1 is 1.52 bits per heavy atom. The van der Waals surface area contributed by atoms with Crippen LogP contribution in [-0.4, -0.2) is 48.1 Å². The third kappa shape index (κ3) is 2.99. The van der Waals surface area contributed by atoms with Crippen LogP contribution in [0.5, 0.6) is 0 Å². The molecule has 5 nitrogen and oxygen atoms in total. The van der Waals surface area contributed by atoms with Gasteiger partial charge in [-0.2, -0.15) is 0 Å². The highest BCUT2D eigenvalue weighted by Gasteiger charge is 2.40. The van der Waals surface area contributed by atoms with Crippen LogP contribution >= 0.6 is 0 Å². The molecule has 3 atom stereocenters. The summed E-state index contributed by atoms with van der Waals surface area (Å²) in [6.45, 7) is 5.14. The molecule has 0 bridgehead atoms. The van der Waals surface area contributed by atoms with Crippen LogP contribution in [0.1, 0.15) is 37.9 Å². The van der Waals surface area contributed by atoms with E-state index >= 15 is 0 Å². The van der Waals surface area contributed by atoms with Gasteiger partial charge in [0.1, 0.15) is 0 Å². The number of H-pyrrole nitrogens is 1. The van der Waals surface area contributed by atoms with Crippen LogP contribution in [0.3, 0.4) is 0 Å². The number of likely N-dealkylation sites (tertiary alicyclic amines) is 1. The van der Waals surface area contributed by atoms with Crippen molar-refractivity contribution in [3.63, 3.8) is 0 Å². The third-order valence-corrected chi connectivity index (χ3v) is 4.57. The number of nitrogens with zero attached hydrogens (tertiary/aromatic N) is 1. The normalized spacial score (nSPS) is 29.2. The van der Waals surface area contributed by atoms with E-state index in [1.54, 1.807) is 0 Å². The summed E-state index contributed by atoms with van der Waals surface area (Å²) in [6.07, 6.45) is 5.13. The van der Waals surface area contributed by atoms with Gasteiger partial charge in [-0.1, -0.05) is 6.92 Å². The molecule has 0 spiro atoms. The molecule has 116 valence electrons. The van der Waals surface area contributed by atoms with Crippen molar-refractivity contribution in [2.45, 2.75) is 38.3 Å². The van der Waals surface area contributed by atoms with Crippen molar-refractivity contribution in [1.29, 1.82) is 0 Å². The van der Waals surface area contributed by atoms with Gasteiger partial charge in [0, 0.05) is 24.5 Å². The molecule has 0 saturated carbocycles. The molecule has 3 unspecified atom stereocenters. The standard InChI is InChI=1S/C16H25N3O2/c1-2-7-17-14-11-21-10-12(14)16(20)19-9-4-6-15(19)13-5-3-8-18-13/h3,5,8,12,14-15,17-18H,2,4,6-7,9-11H2,1H3. The van der Waals surface area contributed by atoms with Crippen LogP contribution in [0.4, 0.5) is 0 Å². The molecule has 2 aliphatic rings. The summed E-state index contributed by atoms with van der Waals surface area (Å²) in [4.78, 5) is 18.2. The molecule has 5 heteroatoms. The maximum absolute atomic E-state index is 12.9. The first kappa shape index (κ1) is 14.6. The molecule has 1 amide bonds. The van der Waals surface area contributed by atoms with Gasteiger partial charge < -0.3 is 19.9 Å². The second-order valence-corrected chi connectivity index (χ2v) is 6.02. The molecule has 2 fully saturated rings. The lowest BCUT2D eigenvalue weighted by molar-refractivity contribution is -0.137. The summed E-state index contributed by atoms with van der Waals surface area (Å²) in [6, 6.07) is 4.46. The Labute approximate surface area is 126 Å². The topological polar surface area (TPSA) is 57.4 Å². The van der Waals surface area contributed by atoms with Crippen LogP contribution in [0.15, 0.2) is 18.3 Å². The number of nitrogens with one attached hydrogen (secondary N) is 2. The summed E-state index contributed by atoms with van der Waals surface area (Å²) in [5, 5.41) is 3.46. The maximum atomic E-state index is 12.9. The molecular formula is C16H25N3O2. The van der Waals surface area contributed by atoms with E-state index in [0.717, 1.165) is 38.0 Å². The monoisotopic (exact) mass is 291 g/mol. The van der Waals surface area contributed by atoms with Crippen LogP contribution in [0, 0.1) is 5.92 Å². The van der Waals surface area contributed by atoms with Crippen molar-refractivity contribution >= 4 is 5.91 Å². The first-order valence-electron chi connectivity index (χ1n) is 8.06. The molecule has 2 aliphatic heterocycles. The minimum Gasteiger partial charge on any atom is -0.379 e. The summed E-state index contributed by atoms with van der Waals surface area (Å²) in [5.41, 5.74) is 1.15. The quantitative estimate of drug-likeness (QED) is 0.868. The highest BCUT2D eigenvalue weighted by molar-refractivity contribution is 5.80. The number of hydrogen-bond donors (Lipinski definition) is 2. The van der Waals surface area contributed by atoms with Gasteiger partial charge in [0.05, 0.1) is 25.2 Å². The van der Waals surface area contributed by atoms with E-state index in [1.165, 1.54) is 0 Å². The number of hydrogen-bond acceptors (Lipinski definition) is 3. The minimum atomic E-state index is -0.0351. The summed E-state index contributed by atoms with van der Waals surface area (Å²) in [7, 11) is 0. The van der Waals surface area contributed by atoms with Gasteiger partial charge in [-0.15, -0.1) is 0 Å². The zero-order chi connectivity index (χ0) is 14.7. The lowest BCUT2D eigenvalue weighted by atomic mass is 10.0. The van der Waals surface area contributed by atoms with E-state index in [0.29, 0.717) is 13.2 Å². The predicted octanol–water partition coefficient (Wildman–Crippen LogP) is 1.69. The van der Waals surface area contributed by atoms with Crippen LogP contribution in [0.25, 0.3) is 0 Å². The fraction of sp³-hybridized carbons (Fsp3) is 0.688. The second-order valence-electron chi connectivity index (χ2n) is 6.02. The fourth-order valence-corrected chi connectivity index (χ4v) is 3.45. The van der Waals surface area contributed by atoms with Crippen molar-refractivity contribution in [3.05, 3.63) is 24.0 Å². The average molecular weight is 291 g/mol. The van der Waals surface area contributed by atoms with Crippen molar-refractivity contribution in [1.82, 2.24) is 15.2 Å². The number of ether oxygens (including phenoxy) is 1. The molecule has 2 N–H and O–H groups in total. The SMILES string of the molecule is CCCNC1COCC1C(=O)N1CCCC1c1ccc[nH]1. The number of aromatic nitrogens is 1. The van der Waals surface area contributed by atoms with E-state index in [1.807, 2.05) is 17.2 Å². The molecule has 3 heterocycles. The molecule has 21 heavy (non-hydrogen) atoms. The van der Waals surface area contributed by atoms with Crippen molar-refractivity contribution in [2.24, 2.45) is 5.92 Å². The van der Waals surface area contributed by atoms with Gasteiger partial charge in [0.2, 0.25) is 5.91 Å². The van der Waals surface area contributed by atoms with E-state index in [9.17, 15) is 4.79 Å². The van der Waals surface area contributed by atoms with E-state index in [2.05, 4.69) is 23.3 Å². The van der Waals surface area contributed by atoms with Crippen LogP contribution < -0.4 is 5.32 Å². The lowest BCUT2D eigenvalue weighted by Crippen LogP contribution is -2.45. The summed E-state index contributed by atoms with van der Waals surface area (Å²) in [5.74, 6) is 0.213. The first-order valence-corrected chi connectivity index (χ1v) is 8.06. The Bertz CT molecular complexity index is 460. The zero-order valence-corrected chi connectivity index (χ0v) is 12.7. The molecule has 0 aromatic carbocycles. The van der Waals surface area contributed by atoms with Crippen LogP contribution in [0.2, 0.25) is 0 Å². The second kappa shape index (κ2) is 6.62. The molecule has 0 radical (unpaired) electrons. The van der Waals surface area contributed by atoms with Gasteiger partial charge in [0.15, 0.2) is 0 Å². The maximum Gasteiger partial charge on any atom is 0.230 e. The molecule has 3 rings (SSSR count). The first-order chi connectivity index (χ1) is 10.3. The highest BCUT2D eigenvalue weighted by atomic mass is 16.5. The minimum absolute atomic E-state index is 0.0351. The zero-order valence-electron chi connectivity index (χ0n) is 12.7. The van der Waals surface area contributed by atoms with Crippen LogP contribution in [-0.2, 0) is 9.53 Å². The Morgan fingerprint density at radius 3 is 3.19 bits per heavy atom. The lowest BCUT2D eigenvalue weighted by Gasteiger charge is -2.29. The Kier molecular flexibility index (Phi) is 4.60. The summed E-state index contributed by atoms with van der Waals surface area (Å²) < 4.78 is 5.56. The number of aromatic amines is 1. The van der Waals surface area contributed by atoms with E-state index in [4.69, 9.17) is 4.74 Å². The van der Waals surface area contributed by atoms with Gasteiger partial charge in [0.25, 0.3) is 0 Å². The van der Waals surface area contributed by atoms with Crippen molar-refractivity contribution < 1.29 is 9.53 Å². The average Bonchev–Trinajstić information content (AvgIpc) is 3.23. The van der Waals surface area contributed by atoms with Gasteiger partial charge >= 0.3 is 0 Å². The Hall–Kier alpha value is -1.33. The summed E-state index contributed by atoms with van der Waals surface area (Å²) >= 11 is 0. The van der Waals surface area contributed by atoms with E-state index in [-0.39, 0.29) is 23.9 Å². The smallest absolute Gasteiger partial charge is 0.230 e. The largest absolute Gasteiger partial charge is 0.379 e. The third-order valence-electron chi connectivity index (χ3n) is 4.57. The van der Waals surface area contributed by atoms with Crippen molar-refractivity contribution in [2.75, 3.05) is 26.3 Å². The van der Waals surface area contributed by atoms with Crippen molar-refractivity contribution in [3.8, 4) is 0 Å². The molecule has 0 aliphatic carbocycles. The number of carbonyl (C=O) groups excluding carboxylic acids is 1. The molecular weight excluding hydrogens is 266 g/mol. The Balaban J connectivity index is 1.69. The molecule has 1 aromatic heterocycles. The predicted molar refractivity (Wildman–Crippen MR) is 80.9 cm³/mol. The number of carbonyl (C=O) groups is 1. The van der Waals surface area contributed by atoms with E-state index < -0.39 is 0 Å². The van der Waals surface area contributed by atoms with Gasteiger partial charge in [-0.05, 0) is 37.9 Å². The van der Waals surface area contributed by atoms with Gasteiger partial charge in [-0.3, -0.25) is 4.79 Å². The highest BCUT2D eigenvalue weighted by Crippen LogP contribution is 2.33. The van der Waals surface area contributed by atoms with Gasteiger partial charge in [-0.25, -0.2) is 0 Å². The molecule has 2 saturated heterocycles. The number of rotatable bonds is 5. The number of amides is 1. The fourth-order valence-electron chi connectivity index (χ4n) is 3.45. The molecule has 1 aromatic rings.